The van der Waals surface area contributed by atoms with Gasteiger partial charge in [0.1, 0.15) is 0 Å². The molecule has 0 fully saturated rings. The highest BCUT2D eigenvalue weighted by atomic mass is 32.1. The van der Waals surface area contributed by atoms with E-state index in [4.69, 9.17) is 0 Å². The Morgan fingerprint density at radius 1 is 1.35 bits per heavy atom. The van der Waals surface area contributed by atoms with Crippen molar-refractivity contribution in [3.05, 3.63) is 45.7 Å². The van der Waals surface area contributed by atoms with Crippen LogP contribution in [0.25, 0.3) is 0 Å². The summed E-state index contributed by atoms with van der Waals surface area (Å²) in [5.41, 5.74) is 1.80. The molecule has 0 aliphatic carbocycles. The maximum atomic E-state index is 11.9. The Morgan fingerprint density at radius 2 is 2.17 bits per heavy atom. The number of hydrogen-bond acceptors (Lipinski definition) is 5. The number of pyridine rings is 1. The molecule has 0 aliphatic rings. The van der Waals surface area contributed by atoms with Gasteiger partial charge in [0, 0.05) is 35.8 Å². The number of rotatable bonds is 7. The third kappa shape index (κ3) is 5.61. The first-order valence-corrected chi connectivity index (χ1v) is 8.35. The highest BCUT2D eigenvalue weighted by Crippen LogP contribution is 2.15. The van der Waals surface area contributed by atoms with Gasteiger partial charge in [0.2, 0.25) is 0 Å². The number of carbonyl (C=O) groups excluding carboxylic acids is 1. The Morgan fingerprint density at radius 3 is 2.78 bits per heavy atom. The van der Waals surface area contributed by atoms with E-state index in [1.807, 2.05) is 32.0 Å². The standard InChI is InChI=1S/C16H22N4O2S/c1-11-15(20-12(2)23-11)9-19-16(22)18-8-13(10-21)7-14-5-3-4-6-17-14/h3-6,13,21H,7-10H2,1-2H3,(H2,18,19,22). The Bertz CT molecular complexity index is 630. The summed E-state index contributed by atoms with van der Waals surface area (Å²) >= 11 is 1.62. The number of nitrogens with zero attached hydrogens (tertiary/aromatic N) is 2. The van der Waals surface area contributed by atoms with E-state index in [1.54, 1.807) is 17.5 Å². The van der Waals surface area contributed by atoms with E-state index in [0.29, 0.717) is 19.5 Å². The molecule has 0 saturated carbocycles. The van der Waals surface area contributed by atoms with Gasteiger partial charge in [-0.2, -0.15) is 0 Å². The van der Waals surface area contributed by atoms with Gasteiger partial charge in [0.15, 0.2) is 0 Å². The molecule has 0 aromatic carbocycles. The minimum Gasteiger partial charge on any atom is -0.396 e. The molecular weight excluding hydrogens is 312 g/mol. The van der Waals surface area contributed by atoms with Crippen LogP contribution in [0, 0.1) is 19.8 Å². The maximum absolute atomic E-state index is 11.9. The number of urea groups is 1. The van der Waals surface area contributed by atoms with Crippen molar-refractivity contribution < 1.29 is 9.90 Å². The van der Waals surface area contributed by atoms with Crippen molar-refractivity contribution in [1.29, 1.82) is 0 Å². The minimum atomic E-state index is -0.255. The van der Waals surface area contributed by atoms with Crippen molar-refractivity contribution in [3.63, 3.8) is 0 Å². The summed E-state index contributed by atoms with van der Waals surface area (Å²) in [4.78, 5) is 21.6. The fourth-order valence-electron chi connectivity index (χ4n) is 2.22. The number of amides is 2. The zero-order chi connectivity index (χ0) is 16.7. The van der Waals surface area contributed by atoms with Gasteiger partial charge in [-0.15, -0.1) is 11.3 Å². The predicted octanol–water partition coefficient (Wildman–Crippen LogP) is 1.81. The molecule has 0 radical (unpaired) electrons. The summed E-state index contributed by atoms with van der Waals surface area (Å²) in [5, 5.41) is 16.0. The lowest BCUT2D eigenvalue weighted by Crippen LogP contribution is -2.39. The summed E-state index contributed by atoms with van der Waals surface area (Å²) in [6.07, 6.45) is 2.35. The van der Waals surface area contributed by atoms with Crippen LogP contribution in [0.3, 0.4) is 0 Å². The van der Waals surface area contributed by atoms with Gasteiger partial charge in [0.05, 0.1) is 17.2 Å². The molecule has 1 unspecified atom stereocenters. The molecule has 23 heavy (non-hydrogen) atoms. The molecule has 124 valence electrons. The number of hydrogen-bond donors (Lipinski definition) is 3. The smallest absolute Gasteiger partial charge is 0.315 e. The van der Waals surface area contributed by atoms with Crippen LogP contribution in [0.2, 0.25) is 0 Å². The van der Waals surface area contributed by atoms with Crippen molar-refractivity contribution in [2.75, 3.05) is 13.2 Å². The summed E-state index contributed by atoms with van der Waals surface area (Å²) in [5.74, 6) is -0.0566. The van der Waals surface area contributed by atoms with Crippen molar-refractivity contribution in [2.24, 2.45) is 5.92 Å². The van der Waals surface area contributed by atoms with Crippen molar-refractivity contribution in [3.8, 4) is 0 Å². The van der Waals surface area contributed by atoms with Crippen LogP contribution in [-0.4, -0.2) is 34.3 Å². The summed E-state index contributed by atoms with van der Waals surface area (Å²) < 4.78 is 0. The number of carbonyl (C=O) groups is 1. The summed E-state index contributed by atoms with van der Waals surface area (Å²) in [6, 6.07) is 5.42. The molecule has 7 heteroatoms. The second-order valence-electron chi connectivity index (χ2n) is 5.37. The van der Waals surface area contributed by atoms with Gasteiger partial charge in [-0.05, 0) is 32.4 Å². The van der Waals surface area contributed by atoms with E-state index in [-0.39, 0.29) is 18.6 Å². The van der Waals surface area contributed by atoms with Crippen LogP contribution < -0.4 is 10.6 Å². The third-order valence-corrected chi connectivity index (χ3v) is 4.38. The van der Waals surface area contributed by atoms with Crippen LogP contribution in [0.5, 0.6) is 0 Å². The van der Waals surface area contributed by atoms with Gasteiger partial charge >= 0.3 is 6.03 Å². The molecule has 0 saturated heterocycles. The summed E-state index contributed by atoms with van der Waals surface area (Å²) in [6.45, 7) is 4.75. The number of thiazole rings is 1. The van der Waals surface area contributed by atoms with E-state index >= 15 is 0 Å². The molecule has 6 nitrogen and oxygen atoms in total. The molecular formula is C16H22N4O2S. The number of aliphatic hydroxyl groups excluding tert-OH is 1. The van der Waals surface area contributed by atoms with Crippen molar-refractivity contribution >= 4 is 17.4 Å². The first kappa shape index (κ1) is 17.4. The Hall–Kier alpha value is -1.99. The lowest BCUT2D eigenvalue weighted by molar-refractivity contribution is 0.213. The fourth-order valence-corrected chi connectivity index (χ4v) is 3.05. The monoisotopic (exact) mass is 334 g/mol. The molecule has 0 aliphatic heterocycles. The topological polar surface area (TPSA) is 87.1 Å². The zero-order valence-corrected chi connectivity index (χ0v) is 14.2. The maximum Gasteiger partial charge on any atom is 0.315 e. The van der Waals surface area contributed by atoms with Gasteiger partial charge in [-0.3, -0.25) is 4.98 Å². The fraction of sp³-hybridized carbons (Fsp3) is 0.438. The zero-order valence-electron chi connectivity index (χ0n) is 13.4. The average Bonchev–Trinajstić information content (AvgIpc) is 2.88. The van der Waals surface area contributed by atoms with E-state index in [2.05, 4.69) is 20.6 Å². The predicted molar refractivity (Wildman–Crippen MR) is 90.3 cm³/mol. The Kier molecular flexibility index (Phi) is 6.49. The highest BCUT2D eigenvalue weighted by Gasteiger charge is 2.12. The van der Waals surface area contributed by atoms with E-state index in [9.17, 15) is 9.90 Å². The number of aryl methyl sites for hydroxylation is 2. The Balaban J connectivity index is 1.75. The molecule has 2 rings (SSSR count). The number of nitrogens with one attached hydrogen (secondary N) is 2. The summed E-state index contributed by atoms with van der Waals surface area (Å²) in [7, 11) is 0. The van der Waals surface area contributed by atoms with Gasteiger partial charge in [-0.1, -0.05) is 6.07 Å². The highest BCUT2D eigenvalue weighted by molar-refractivity contribution is 7.11. The van der Waals surface area contributed by atoms with Crippen LogP contribution in [0.1, 0.15) is 21.3 Å². The molecule has 0 spiro atoms. The van der Waals surface area contributed by atoms with Gasteiger partial charge in [-0.25, -0.2) is 9.78 Å². The lowest BCUT2D eigenvalue weighted by Gasteiger charge is -2.15. The number of aromatic nitrogens is 2. The third-order valence-electron chi connectivity index (χ3n) is 3.45. The van der Waals surface area contributed by atoms with Gasteiger partial charge < -0.3 is 15.7 Å². The molecule has 2 amide bonds. The van der Waals surface area contributed by atoms with Crippen molar-refractivity contribution in [2.45, 2.75) is 26.8 Å². The lowest BCUT2D eigenvalue weighted by atomic mass is 10.0. The van der Waals surface area contributed by atoms with E-state index < -0.39 is 0 Å². The van der Waals surface area contributed by atoms with Crippen LogP contribution in [-0.2, 0) is 13.0 Å². The molecule has 2 aromatic heterocycles. The van der Waals surface area contributed by atoms with Crippen molar-refractivity contribution in [1.82, 2.24) is 20.6 Å². The molecule has 1 atom stereocenters. The van der Waals surface area contributed by atoms with Crippen LogP contribution >= 0.6 is 11.3 Å². The largest absolute Gasteiger partial charge is 0.396 e. The molecule has 3 N–H and O–H groups in total. The first-order chi connectivity index (χ1) is 11.1. The molecule has 2 aromatic rings. The quantitative estimate of drug-likeness (QED) is 0.720. The molecule has 2 heterocycles. The van der Waals surface area contributed by atoms with E-state index in [1.165, 1.54) is 0 Å². The minimum absolute atomic E-state index is 0.00123. The van der Waals surface area contributed by atoms with Gasteiger partial charge in [0.25, 0.3) is 0 Å². The first-order valence-electron chi connectivity index (χ1n) is 7.54. The van der Waals surface area contributed by atoms with E-state index in [0.717, 1.165) is 21.3 Å². The van der Waals surface area contributed by atoms with Crippen LogP contribution in [0.4, 0.5) is 4.79 Å². The number of aliphatic hydroxyl groups is 1. The second kappa shape index (κ2) is 8.59. The SMILES string of the molecule is Cc1nc(CNC(=O)NCC(CO)Cc2ccccn2)c(C)s1. The van der Waals surface area contributed by atoms with Crippen LogP contribution in [0.15, 0.2) is 24.4 Å². The average molecular weight is 334 g/mol. The normalized spacial score (nSPS) is 12.0. The molecule has 0 bridgehead atoms. The Labute approximate surface area is 140 Å². The second-order valence-corrected chi connectivity index (χ2v) is 6.78.